The first-order valence-electron chi connectivity index (χ1n) is 9.62. The van der Waals surface area contributed by atoms with Crippen molar-refractivity contribution < 1.29 is 23.0 Å². The number of hydrogen-bond donors (Lipinski definition) is 2. The van der Waals surface area contributed by atoms with E-state index in [1.165, 1.54) is 25.4 Å². The van der Waals surface area contributed by atoms with Crippen LogP contribution >= 0.6 is 20.1 Å². The number of thioether (sulfide) groups is 1. The average Bonchev–Trinajstić information content (AvgIpc) is 3.14. The third kappa shape index (κ3) is 7.35. The summed E-state index contributed by atoms with van der Waals surface area (Å²) in [6.45, 7) is 2.66. The fourth-order valence-electron chi connectivity index (χ4n) is 2.65. The highest BCUT2D eigenvalue weighted by molar-refractivity contribution is 8.13. The summed E-state index contributed by atoms with van der Waals surface area (Å²) in [6.07, 6.45) is 1.67. The number of ether oxygens (including phenoxy) is 1. The van der Waals surface area contributed by atoms with Crippen molar-refractivity contribution in [1.82, 2.24) is 19.5 Å². The highest BCUT2D eigenvalue weighted by atomic mass is 32.2. The molecule has 3 aromatic rings. The molecule has 0 amide bonds. The molecule has 1 aromatic carbocycles. The Labute approximate surface area is 188 Å². The fourth-order valence-corrected chi connectivity index (χ4v) is 4.31. The molecule has 32 heavy (non-hydrogen) atoms. The largest absolute Gasteiger partial charge is 0.370 e. The minimum Gasteiger partial charge on any atom is -0.370 e. The number of carbonyl (C=O) groups is 1. The summed E-state index contributed by atoms with van der Waals surface area (Å²) in [5, 5.41) is 0.00972. The first-order valence-corrected chi connectivity index (χ1v) is 12.0. The van der Waals surface area contributed by atoms with Gasteiger partial charge in [-0.15, -0.1) is 0 Å². The Balaban J connectivity index is 1.52. The summed E-state index contributed by atoms with van der Waals surface area (Å²) < 4.78 is 32.3. The lowest BCUT2D eigenvalue weighted by Gasteiger charge is -2.18. The molecule has 0 aliphatic carbocycles. The van der Waals surface area contributed by atoms with Crippen molar-refractivity contribution in [3.8, 4) is 0 Å². The van der Waals surface area contributed by atoms with Gasteiger partial charge in [0, 0.05) is 19.2 Å². The van der Waals surface area contributed by atoms with Crippen molar-refractivity contribution in [1.29, 1.82) is 0 Å². The number of aromatic nitrogens is 4. The zero-order valence-electron chi connectivity index (χ0n) is 17.3. The predicted octanol–water partition coefficient (Wildman–Crippen LogP) is 2.64. The van der Waals surface area contributed by atoms with Crippen molar-refractivity contribution in [2.75, 3.05) is 31.0 Å². The van der Waals surface area contributed by atoms with Gasteiger partial charge in [0.2, 0.25) is 5.95 Å². The first kappa shape index (κ1) is 24.3. The predicted molar refractivity (Wildman–Crippen MR) is 121 cm³/mol. The summed E-state index contributed by atoms with van der Waals surface area (Å²) in [5.74, 6) is 0.169. The highest BCUT2D eigenvalue weighted by Crippen LogP contribution is 2.39. The van der Waals surface area contributed by atoms with Crippen molar-refractivity contribution in [3.63, 3.8) is 0 Å². The van der Waals surface area contributed by atoms with Gasteiger partial charge in [-0.1, -0.05) is 23.9 Å². The minimum atomic E-state index is -1.42. The molecule has 0 saturated heterocycles. The Morgan fingerprint density at radius 3 is 2.97 bits per heavy atom. The van der Waals surface area contributed by atoms with Gasteiger partial charge in [-0.2, -0.15) is 4.98 Å². The normalized spacial score (nSPS) is 12.3. The van der Waals surface area contributed by atoms with Crippen LogP contribution in [0.25, 0.3) is 11.2 Å². The molecule has 172 valence electrons. The van der Waals surface area contributed by atoms with Crippen LogP contribution in [0.4, 0.5) is 10.3 Å². The lowest BCUT2D eigenvalue weighted by Crippen LogP contribution is -2.13. The number of halogens is 1. The summed E-state index contributed by atoms with van der Waals surface area (Å²) in [4.78, 5) is 33.5. The van der Waals surface area contributed by atoms with Crippen molar-refractivity contribution >= 4 is 42.4 Å². The molecule has 0 radical (unpaired) electrons. The number of aromatic amines is 1. The number of nitrogens with two attached hydrogens (primary N) is 1. The smallest absolute Gasteiger partial charge is 0.280 e. The number of nitrogen functional groups attached to an aromatic ring is 1. The van der Waals surface area contributed by atoms with E-state index in [2.05, 4.69) is 15.0 Å². The molecule has 0 aliphatic heterocycles. The number of carbonyl (C=O) groups excluding carboxylic acids is 1. The summed E-state index contributed by atoms with van der Waals surface area (Å²) >= 11 is 1.16. The maximum atomic E-state index is 13.4. The third-order valence-corrected chi connectivity index (χ3v) is 6.11. The standard InChI is InChI=1S/C19H23FN5O5PS/c1-13(26)32-8-7-29-31(30-10-14-3-2-4-15(20)9-14)12-28-6-5-25-11-22-16-17(25)23-19(21)24-18(16)27/h2-4,9,11H,5-8,10,12H2,1H3,(H3,21,23,24,27). The van der Waals surface area contributed by atoms with E-state index in [0.29, 0.717) is 30.1 Å². The molecule has 1 atom stereocenters. The minimum absolute atomic E-state index is 0.00972. The summed E-state index contributed by atoms with van der Waals surface area (Å²) in [6, 6.07) is 6.12. The molecule has 0 spiro atoms. The van der Waals surface area contributed by atoms with Crippen LogP contribution in [0, 0.1) is 5.82 Å². The van der Waals surface area contributed by atoms with Crippen LogP contribution in [0.15, 0.2) is 35.4 Å². The van der Waals surface area contributed by atoms with E-state index in [4.69, 9.17) is 19.5 Å². The van der Waals surface area contributed by atoms with E-state index in [-0.39, 0.29) is 42.0 Å². The monoisotopic (exact) mass is 483 g/mol. The number of nitrogens with one attached hydrogen (secondary N) is 1. The molecule has 0 fully saturated rings. The van der Waals surface area contributed by atoms with Gasteiger partial charge in [0.1, 0.15) is 12.2 Å². The van der Waals surface area contributed by atoms with E-state index in [9.17, 15) is 14.0 Å². The maximum absolute atomic E-state index is 13.4. The fraction of sp³-hybridized carbons (Fsp3) is 0.368. The summed E-state index contributed by atoms with van der Waals surface area (Å²) in [7, 11) is -1.42. The molecule has 2 aromatic heterocycles. The Bertz CT molecular complexity index is 1110. The van der Waals surface area contributed by atoms with Gasteiger partial charge in [0.05, 0.1) is 26.1 Å². The van der Waals surface area contributed by atoms with Gasteiger partial charge in [0.15, 0.2) is 24.7 Å². The Morgan fingerprint density at radius 1 is 1.34 bits per heavy atom. The molecule has 13 heteroatoms. The van der Waals surface area contributed by atoms with E-state index in [0.717, 1.165) is 11.8 Å². The zero-order chi connectivity index (χ0) is 22.9. The number of imidazole rings is 1. The van der Waals surface area contributed by atoms with Gasteiger partial charge in [-0.25, -0.2) is 9.37 Å². The second kappa shape index (κ2) is 12.0. The number of nitrogens with zero attached hydrogens (tertiary/aromatic N) is 3. The molecule has 0 saturated carbocycles. The van der Waals surface area contributed by atoms with Crippen LogP contribution in [-0.2, 0) is 31.7 Å². The van der Waals surface area contributed by atoms with E-state index in [1.54, 1.807) is 16.7 Å². The lowest BCUT2D eigenvalue weighted by atomic mass is 10.2. The van der Waals surface area contributed by atoms with Crippen molar-refractivity contribution in [2.24, 2.45) is 0 Å². The highest BCUT2D eigenvalue weighted by Gasteiger charge is 2.14. The molecule has 3 rings (SSSR count). The first-order chi connectivity index (χ1) is 15.4. The summed E-state index contributed by atoms with van der Waals surface area (Å²) in [5.41, 5.74) is 6.45. The molecule has 0 bridgehead atoms. The van der Waals surface area contributed by atoms with Crippen LogP contribution in [0.5, 0.6) is 0 Å². The SMILES string of the molecule is CC(=O)SCCOP(COCCn1cnc2c(=O)[nH]c(N)nc21)OCc1cccc(F)c1. The van der Waals surface area contributed by atoms with Gasteiger partial charge < -0.3 is 24.1 Å². The van der Waals surface area contributed by atoms with Crippen LogP contribution in [0.3, 0.4) is 0 Å². The van der Waals surface area contributed by atoms with Crippen molar-refractivity contribution in [3.05, 3.63) is 52.3 Å². The molecule has 1 unspecified atom stereocenters. The van der Waals surface area contributed by atoms with Gasteiger partial charge in [0.25, 0.3) is 5.56 Å². The average molecular weight is 483 g/mol. The molecule has 0 aliphatic rings. The van der Waals surface area contributed by atoms with E-state index >= 15 is 0 Å². The molecular formula is C19H23FN5O5PS. The Hall–Kier alpha value is -2.37. The van der Waals surface area contributed by atoms with Crippen molar-refractivity contribution in [2.45, 2.75) is 20.1 Å². The number of rotatable bonds is 12. The molecule has 10 nitrogen and oxygen atoms in total. The third-order valence-electron chi connectivity index (χ3n) is 4.05. The second-order valence-corrected chi connectivity index (χ2v) is 9.22. The van der Waals surface area contributed by atoms with Crippen LogP contribution in [-0.4, -0.2) is 49.9 Å². The Morgan fingerprint density at radius 2 is 2.19 bits per heavy atom. The van der Waals surface area contributed by atoms with E-state index < -0.39 is 13.9 Å². The quantitative estimate of drug-likeness (QED) is 0.294. The number of benzene rings is 1. The lowest BCUT2D eigenvalue weighted by molar-refractivity contribution is -0.109. The molecule has 3 N–H and O–H groups in total. The number of anilines is 1. The number of H-pyrrole nitrogens is 1. The van der Waals surface area contributed by atoms with Crippen LogP contribution in [0.1, 0.15) is 12.5 Å². The van der Waals surface area contributed by atoms with Crippen LogP contribution in [0.2, 0.25) is 0 Å². The maximum Gasteiger partial charge on any atom is 0.280 e. The van der Waals surface area contributed by atoms with Gasteiger partial charge >= 0.3 is 0 Å². The molecular weight excluding hydrogens is 460 g/mol. The number of hydrogen-bond acceptors (Lipinski definition) is 9. The van der Waals surface area contributed by atoms with Crippen LogP contribution < -0.4 is 11.3 Å². The van der Waals surface area contributed by atoms with E-state index in [1.807, 2.05) is 0 Å². The topological polar surface area (TPSA) is 134 Å². The van der Waals surface area contributed by atoms with Gasteiger partial charge in [-0.05, 0) is 17.7 Å². The molecule has 2 heterocycles. The second-order valence-electron chi connectivity index (χ2n) is 6.51. The zero-order valence-corrected chi connectivity index (χ0v) is 19.0. The van der Waals surface area contributed by atoms with Gasteiger partial charge in [-0.3, -0.25) is 14.6 Å². The Kier molecular flexibility index (Phi) is 9.12. The number of fused-ring (bicyclic) bond motifs is 1.